The number of hydrogen-bond acceptors (Lipinski definition) is 2. The summed E-state index contributed by atoms with van der Waals surface area (Å²) < 4.78 is 1.33. The largest absolute Gasteiger partial charge is 0.353 e. The van der Waals surface area contributed by atoms with Crippen LogP contribution in [0.1, 0.15) is 90.9 Å². The molecule has 0 unspecified atom stereocenters. The van der Waals surface area contributed by atoms with Gasteiger partial charge in [-0.05, 0) is 128 Å². The van der Waals surface area contributed by atoms with Crippen molar-refractivity contribution >= 4 is 5.91 Å². The molecule has 4 bridgehead atoms. The van der Waals surface area contributed by atoms with Crippen LogP contribution >= 0.6 is 0 Å². The Kier molecular flexibility index (Phi) is 4.72. The first-order valence-electron chi connectivity index (χ1n) is 14.6. The zero-order chi connectivity index (χ0) is 22.5. The van der Waals surface area contributed by atoms with Crippen LogP contribution in [-0.2, 0) is 4.79 Å². The molecule has 182 valence electrons. The Bertz CT molecular complexity index is 827. The van der Waals surface area contributed by atoms with E-state index in [0.717, 1.165) is 61.4 Å². The van der Waals surface area contributed by atoms with Crippen LogP contribution in [0, 0.1) is 69.0 Å². The standard InChI is InChI=1S/C29H44N2O2/c1-28-9-10-31(33)16-21(28)3-4-22-23-5-6-25(29(23,2)8-7-24(22)28)27(32)30-26-19-12-17-11-18(14-19)15-20(26)13-17/h17-26H,3-16H2,1-2H3/p+1/t17?,18?,19?,20?,21-,22-,23-,24-,25+,26?,28-,29-/m0/s1. The van der Waals surface area contributed by atoms with Gasteiger partial charge in [0.25, 0.3) is 0 Å². The Labute approximate surface area is 200 Å². The fraction of sp³-hybridized carbons (Fsp3) is 0.966. The molecule has 8 fully saturated rings. The van der Waals surface area contributed by atoms with Gasteiger partial charge in [-0.25, -0.2) is 0 Å². The number of nitrogens with one attached hydrogen (secondary N) is 1. The number of nitroso groups, excluding NO2 is 1. The van der Waals surface area contributed by atoms with Gasteiger partial charge < -0.3 is 5.32 Å². The number of carbonyl (C=O) groups is 1. The van der Waals surface area contributed by atoms with E-state index in [4.69, 9.17) is 0 Å². The highest BCUT2D eigenvalue weighted by molar-refractivity contribution is 5.80. The molecule has 8 rings (SSSR count). The number of piperidine rings is 1. The van der Waals surface area contributed by atoms with Crippen molar-refractivity contribution in [2.24, 2.45) is 64.1 Å². The third-order valence-electron chi connectivity index (χ3n) is 13.2. The average Bonchev–Trinajstić information content (AvgIpc) is 3.13. The van der Waals surface area contributed by atoms with Gasteiger partial charge in [0.1, 0.15) is 0 Å². The van der Waals surface area contributed by atoms with Crippen molar-refractivity contribution in [2.45, 2.75) is 96.9 Å². The van der Waals surface area contributed by atoms with Crippen LogP contribution in [0.2, 0.25) is 0 Å². The molecule has 0 aromatic rings. The molecule has 33 heavy (non-hydrogen) atoms. The van der Waals surface area contributed by atoms with Crippen LogP contribution in [0.5, 0.6) is 0 Å². The van der Waals surface area contributed by atoms with Crippen molar-refractivity contribution in [3.63, 3.8) is 0 Å². The number of fused-ring (bicyclic) bond motifs is 5. The number of carbonyl (C=O) groups excluding carboxylic acids is 1. The zero-order valence-electron chi connectivity index (χ0n) is 20.9. The molecule has 1 saturated heterocycles. The fourth-order valence-electron chi connectivity index (χ4n) is 11.8. The molecule has 0 spiro atoms. The summed E-state index contributed by atoms with van der Waals surface area (Å²) in [5.74, 6) is 6.99. The van der Waals surface area contributed by atoms with E-state index in [-0.39, 0.29) is 11.3 Å². The van der Waals surface area contributed by atoms with Crippen LogP contribution in [0.25, 0.3) is 0 Å². The quantitative estimate of drug-likeness (QED) is 0.555. The number of hydrogen-bond donors (Lipinski definition) is 1. The SMILES string of the molecule is C[C@]12CC[N+](=O)C[C@@H]1CC[C@@H]1[C@@H]2CC[C@]2(C)[C@@H](C(=O)NC3C4CC5CC(C4)CC3C5)CC[C@@H]12. The van der Waals surface area contributed by atoms with Crippen molar-refractivity contribution in [2.75, 3.05) is 13.1 Å². The highest BCUT2D eigenvalue weighted by Crippen LogP contribution is 2.66. The second-order valence-electron chi connectivity index (χ2n) is 14.4. The molecule has 4 nitrogen and oxygen atoms in total. The van der Waals surface area contributed by atoms with Gasteiger partial charge in [-0.1, -0.05) is 13.8 Å². The maximum Gasteiger partial charge on any atom is 0.223 e. The van der Waals surface area contributed by atoms with E-state index >= 15 is 0 Å². The molecule has 8 aliphatic rings. The van der Waals surface area contributed by atoms with Crippen LogP contribution < -0.4 is 5.32 Å². The highest BCUT2D eigenvalue weighted by atomic mass is 16.3. The average molecular weight is 454 g/mol. The lowest BCUT2D eigenvalue weighted by atomic mass is 9.46. The van der Waals surface area contributed by atoms with Gasteiger partial charge in [0.05, 0.1) is 0 Å². The van der Waals surface area contributed by atoms with E-state index < -0.39 is 0 Å². The van der Waals surface area contributed by atoms with Gasteiger partial charge in [0, 0.05) is 29.2 Å². The Morgan fingerprint density at radius 2 is 1.52 bits per heavy atom. The first-order valence-corrected chi connectivity index (χ1v) is 14.6. The summed E-state index contributed by atoms with van der Waals surface area (Å²) in [5.41, 5.74) is 0.547. The smallest absolute Gasteiger partial charge is 0.223 e. The van der Waals surface area contributed by atoms with Gasteiger partial charge >= 0.3 is 0 Å². The molecule has 1 N–H and O–H groups in total. The lowest BCUT2D eigenvalue weighted by Gasteiger charge is -2.59. The molecule has 1 aliphatic heterocycles. The molecular formula is C29H45N2O2+. The molecule has 7 aliphatic carbocycles. The van der Waals surface area contributed by atoms with Crippen LogP contribution in [0.3, 0.4) is 0 Å². The molecule has 0 aromatic carbocycles. The van der Waals surface area contributed by atoms with Crippen LogP contribution in [-0.4, -0.2) is 29.8 Å². The van der Waals surface area contributed by atoms with E-state index in [1.165, 1.54) is 69.0 Å². The van der Waals surface area contributed by atoms with E-state index in [1.54, 1.807) is 0 Å². The molecule has 0 aromatic heterocycles. The molecule has 1 heterocycles. The fourth-order valence-corrected chi connectivity index (χ4v) is 11.8. The Morgan fingerprint density at radius 3 is 2.24 bits per heavy atom. The summed E-state index contributed by atoms with van der Waals surface area (Å²) in [5, 5.41) is 3.71. The lowest BCUT2D eigenvalue weighted by Crippen LogP contribution is -2.58. The van der Waals surface area contributed by atoms with Crippen molar-refractivity contribution in [1.82, 2.24) is 5.32 Å². The van der Waals surface area contributed by atoms with Gasteiger partial charge in [-0.15, -0.1) is 0 Å². The highest BCUT2D eigenvalue weighted by Gasteiger charge is 2.62. The summed E-state index contributed by atoms with van der Waals surface area (Å²) in [6, 6.07) is 0.482. The van der Waals surface area contributed by atoms with E-state index in [9.17, 15) is 9.70 Å². The number of rotatable bonds is 2. The van der Waals surface area contributed by atoms with Gasteiger partial charge in [0.15, 0.2) is 13.1 Å². The van der Waals surface area contributed by atoms with Crippen LogP contribution in [0.15, 0.2) is 0 Å². The Morgan fingerprint density at radius 1 is 0.818 bits per heavy atom. The summed E-state index contributed by atoms with van der Waals surface area (Å²) in [4.78, 5) is 25.9. The van der Waals surface area contributed by atoms with E-state index in [2.05, 4.69) is 19.2 Å². The lowest BCUT2D eigenvalue weighted by molar-refractivity contribution is -0.577. The summed E-state index contributed by atoms with van der Waals surface area (Å²) in [6.07, 6.45) is 15.5. The third-order valence-corrected chi connectivity index (χ3v) is 13.2. The predicted molar refractivity (Wildman–Crippen MR) is 128 cm³/mol. The molecule has 4 heteroatoms. The first-order chi connectivity index (χ1) is 15.8. The second-order valence-corrected chi connectivity index (χ2v) is 14.4. The molecule has 1 amide bonds. The van der Waals surface area contributed by atoms with Crippen molar-refractivity contribution in [3.05, 3.63) is 4.91 Å². The predicted octanol–water partition coefficient (Wildman–Crippen LogP) is 5.58. The molecule has 7 atom stereocenters. The minimum Gasteiger partial charge on any atom is -0.353 e. The molecule has 0 radical (unpaired) electrons. The topological polar surface area (TPSA) is 49.2 Å². The zero-order valence-corrected chi connectivity index (χ0v) is 20.9. The Hall–Kier alpha value is -0.930. The third kappa shape index (κ3) is 3.03. The maximum atomic E-state index is 13.8. The number of nitrogens with zero attached hydrogens (tertiary/aromatic N) is 1. The maximum absolute atomic E-state index is 13.8. The minimum atomic E-state index is 0.194. The van der Waals surface area contributed by atoms with Crippen LogP contribution in [0.4, 0.5) is 0 Å². The summed E-state index contributed by atoms with van der Waals surface area (Å²) >= 11 is 0. The van der Waals surface area contributed by atoms with Crippen molar-refractivity contribution in [1.29, 1.82) is 0 Å². The van der Waals surface area contributed by atoms with Crippen molar-refractivity contribution in [3.8, 4) is 0 Å². The van der Waals surface area contributed by atoms with Gasteiger partial charge in [-0.2, -0.15) is 0 Å². The number of amides is 1. The second kappa shape index (κ2) is 7.29. The van der Waals surface area contributed by atoms with Gasteiger partial charge in [0.2, 0.25) is 5.91 Å². The summed E-state index contributed by atoms with van der Waals surface area (Å²) in [7, 11) is 0. The van der Waals surface area contributed by atoms with E-state index in [1.807, 2.05) is 0 Å². The summed E-state index contributed by atoms with van der Waals surface area (Å²) in [6.45, 7) is 6.51. The first kappa shape index (κ1) is 21.4. The molecular weight excluding hydrogens is 408 g/mol. The Balaban J connectivity index is 1.08. The van der Waals surface area contributed by atoms with Crippen molar-refractivity contribution < 1.29 is 9.55 Å². The van der Waals surface area contributed by atoms with E-state index in [0.29, 0.717) is 29.2 Å². The monoisotopic (exact) mass is 453 g/mol. The molecule has 7 saturated carbocycles. The van der Waals surface area contributed by atoms with Gasteiger partial charge in [-0.3, -0.25) is 4.79 Å². The normalized spacial score (nSPS) is 56.7. The minimum absolute atomic E-state index is 0.194.